The number of carboxylic acid groups (broad SMARTS) is 1. The number of hydrogen-bond donors (Lipinski definition) is 3. The number of nitrogens with two attached hydrogens (primary N) is 1. The molecule has 6 heteroatoms. The van der Waals surface area contributed by atoms with Gasteiger partial charge in [-0.1, -0.05) is 0 Å². The molecule has 0 heterocycles. The van der Waals surface area contributed by atoms with Gasteiger partial charge in [-0.3, -0.25) is 14.9 Å². The number of aliphatic carboxylic acids is 1. The van der Waals surface area contributed by atoms with Crippen LogP contribution < -0.4 is 11.1 Å². The maximum absolute atomic E-state index is 11.1. The van der Waals surface area contributed by atoms with Gasteiger partial charge in [-0.05, 0) is 20.8 Å². The fourth-order valence-corrected chi connectivity index (χ4v) is 1.19. The van der Waals surface area contributed by atoms with Gasteiger partial charge < -0.3 is 15.6 Å². The van der Waals surface area contributed by atoms with Crippen LogP contribution in [0, 0.1) is 0 Å². The molecular weight excluding hydrogens is 200 g/mol. The van der Waals surface area contributed by atoms with Crippen LogP contribution in [0.2, 0.25) is 0 Å². The van der Waals surface area contributed by atoms with Crippen molar-refractivity contribution in [2.24, 2.45) is 5.73 Å². The summed E-state index contributed by atoms with van der Waals surface area (Å²) in [7, 11) is 1.39. The lowest BCUT2D eigenvalue weighted by molar-refractivity contribution is -0.148. The Hall–Kier alpha value is -1.14. The van der Waals surface area contributed by atoms with Crippen LogP contribution in [0.3, 0.4) is 0 Å². The lowest BCUT2D eigenvalue weighted by atomic mass is 9.96. The van der Waals surface area contributed by atoms with E-state index in [0.717, 1.165) is 0 Å². The maximum Gasteiger partial charge on any atom is 0.326 e. The Morgan fingerprint density at radius 2 is 1.87 bits per heavy atom. The Morgan fingerprint density at radius 1 is 1.40 bits per heavy atom. The third kappa shape index (κ3) is 3.49. The molecule has 0 bridgehead atoms. The van der Waals surface area contributed by atoms with E-state index in [4.69, 9.17) is 15.6 Å². The van der Waals surface area contributed by atoms with Crippen molar-refractivity contribution in [3.8, 4) is 0 Å². The summed E-state index contributed by atoms with van der Waals surface area (Å²) in [6.45, 7) is 4.42. The largest absolute Gasteiger partial charge is 0.480 e. The van der Waals surface area contributed by atoms with Gasteiger partial charge in [0.05, 0.1) is 12.1 Å². The molecule has 0 aromatic heterocycles. The molecule has 0 fully saturated rings. The smallest absolute Gasteiger partial charge is 0.326 e. The van der Waals surface area contributed by atoms with E-state index in [1.54, 1.807) is 0 Å². The van der Waals surface area contributed by atoms with Crippen LogP contribution in [0.5, 0.6) is 0 Å². The first-order chi connectivity index (χ1) is 6.65. The molecule has 0 saturated heterocycles. The number of methoxy groups -OCH3 is 1. The van der Waals surface area contributed by atoms with Crippen LogP contribution in [-0.2, 0) is 14.3 Å². The minimum atomic E-state index is -1.34. The number of ether oxygens (including phenoxy) is 1. The molecule has 0 aliphatic rings. The lowest BCUT2D eigenvalue weighted by Gasteiger charge is -2.34. The molecule has 1 amide bonds. The zero-order valence-corrected chi connectivity index (χ0v) is 9.46. The van der Waals surface area contributed by atoms with Gasteiger partial charge in [-0.2, -0.15) is 0 Å². The van der Waals surface area contributed by atoms with E-state index in [-0.39, 0.29) is 6.61 Å². The molecule has 88 valence electrons. The zero-order chi connectivity index (χ0) is 12.3. The summed E-state index contributed by atoms with van der Waals surface area (Å²) in [6, 6.07) is 0. The van der Waals surface area contributed by atoms with E-state index >= 15 is 0 Å². The van der Waals surface area contributed by atoms with Gasteiger partial charge in [-0.25, -0.2) is 0 Å². The molecule has 0 saturated carbocycles. The van der Waals surface area contributed by atoms with Gasteiger partial charge in [0.15, 0.2) is 0 Å². The third-order valence-corrected chi connectivity index (χ3v) is 2.11. The quantitative estimate of drug-likeness (QED) is 0.548. The molecule has 0 aromatic carbocycles. The monoisotopic (exact) mass is 218 g/mol. The highest BCUT2D eigenvalue weighted by Crippen LogP contribution is 2.12. The molecule has 4 N–H and O–H groups in total. The molecule has 0 spiro atoms. The average molecular weight is 218 g/mol. The van der Waals surface area contributed by atoms with Crippen molar-refractivity contribution in [1.29, 1.82) is 0 Å². The van der Waals surface area contributed by atoms with Crippen molar-refractivity contribution < 1.29 is 19.4 Å². The molecule has 6 nitrogen and oxygen atoms in total. The van der Waals surface area contributed by atoms with E-state index < -0.39 is 23.0 Å². The van der Waals surface area contributed by atoms with E-state index in [1.165, 1.54) is 27.9 Å². The van der Waals surface area contributed by atoms with Gasteiger partial charge in [0, 0.05) is 7.11 Å². The summed E-state index contributed by atoms with van der Waals surface area (Å²) in [5.74, 6) is -1.72. The summed E-state index contributed by atoms with van der Waals surface area (Å²) >= 11 is 0. The van der Waals surface area contributed by atoms with Crippen molar-refractivity contribution in [2.45, 2.75) is 31.8 Å². The van der Waals surface area contributed by atoms with Gasteiger partial charge in [0.25, 0.3) is 0 Å². The first-order valence-corrected chi connectivity index (χ1v) is 4.47. The van der Waals surface area contributed by atoms with Crippen molar-refractivity contribution in [1.82, 2.24) is 5.32 Å². The number of carbonyl (C=O) groups excluding carboxylic acids is 1. The van der Waals surface area contributed by atoms with E-state index in [9.17, 15) is 9.59 Å². The summed E-state index contributed by atoms with van der Waals surface area (Å²) in [5, 5.41) is 11.7. The Kier molecular flexibility index (Phi) is 4.24. The first kappa shape index (κ1) is 13.9. The highest BCUT2D eigenvalue weighted by atomic mass is 16.5. The highest BCUT2D eigenvalue weighted by Gasteiger charge is 2.40. The maximum atomic E-state index is 11.1. The molecule has 15 heavy (non-hydrogen) atoms. The molecule has 1 atom stereocenters. The van der Waals surface area contributed by atoms with Gasteiger partial charge in [0.1, 0.15) is 5.54 Å². The van der Waals surface area contributed by atoms with Crippen LogP contribution >= 0.6 is 0 Å². The Morgan fingerprint density at radius 3 is 2.13 bits per heavy atom. The molecule has 0 radical (unpaired) electrons. The number of carbonyl (C=O) groups is 2. The summed E-state index contributed by atoms with van der Waals surface area (Å²) < 4.78 is 4.80. The SMILES string of the molecule is COCC(C)(NC(C)(C)C(N)=O)C(=O)O. The van der Waals surface area contributed by atoms with Crippen LogP contribution in [0.1, 0.15) is 20.8 Å². The number of nitrogens with one attached hydrogen (secondary N) is 1. The highest BCUT2D eigenvalue weighted by molar-refractivity contribution is 5.86. The molecule has 0 aliphatic carbocycles. The second-order valence-corrected chi connectivity index (χ2v) is 4.18. The van der Waals surface area contributed by atoms with Gasteiger partial charge in [0.2, 0.25) is 5.91 Å². The summed E-state index contributed by atoms with van der Waals surface area (Å²) in [4.78, 5) is 22.1. The topological polar surface area (TPSA) is 102 Å². The Bertz CT molecular complexity index is 265. The normalized spacial score (nSPS) is 15.7. The first-order valence-electron chi connectivity index (χ1n) is 4.47. The second-order valence-electron chi connectivity index (χ2n) is 4.18. The second kappa shape index (κ2) is 4.59. The standard InChI is InChI=1S/C9H18N2O4/c1-8(2,6(10)12)11-9(3,5-15-4)7(13)14/h11H,5H2,1-4H3,(H2,10,12)(H,13,14). The molecular formula is C9H18N2O4. The minimum absolute atomic E-state index is 0.0565. The summed E-state index contributed by atoms with van der Waals surface area (Å²) in [5.41, 5.74) is 2.69. The molecule has 0 rings (SSSR count). The lowest BCUT2D eigenvalue weighted by Crippen LogP contribution is -2.64. The average Bonchev–Trinajstić information content (AvgIpc) is 2.02. The van der Waals surface area contributed by atoms with Crippen molar-refractivity contribution in [3.63, 3.8) is 0 Å². The predicted octanol–water partition coefficient (Wildman–Crippen LogP) is -0.670. The zero-order valence-electron chi connectivity index (χ0n) is 9.46. The van der Waals surface area contributed by atoms with Crippen LogP contribution in [0.4, 0.5) is 0 Å². The van der Waals surface area contributed by atoms with Crippen molar-refractivity contribution in [2.75, 3.05) is 13.7 Å². The summed E-state index contributed by atoms with van der Waals surface area (Å²) in [6.07, 6.45) is 0. The van der Waals surface area contributed by atoms with E-state index in [2.05, 4.69) is 5.32 Å². The van der Waals surface area contributed by atoms with Gasteiger partial charge >= 0.3 is 5.97 Å². The minimum Gasteiger partial charge on any atom is -0.480 e. The Balaban J connectivity index is 4.84. The number of rotatable bonds is 6. The van der Waals surface area contributed by atoms with Crippen LogP contribution in [-0.4, -0.2) is 41.8 Å². The van der Waals surface area contributed by atoms with E-state index in [0.29, 0.717) is 0 Å². The van der Waals surface area contributed by atoms with Crippen LogP contribution in [0.25, 0.3) is 0 Å². The predicted molar refractivity (Wildman–Crippen MR) is 54.3 cm³/mol. The molecule has 0 aromatic rings. The fraction of sp³-hybridized carbons (Fsp3) is 0.778. The molecule has 0 aliphatic heterocycles. The van der Waals surface area contributed by atoms with Crippen molar-refractivity contribution >= 4 is 11.9 Å². The van der Waals surface area contributed by atoms with Gasteiger partial charge in [-0.15, -0.1) is 0 Å². The fourth-order valence-electron chi connectivity index (χ4n) is 1.19. The Labute approximate surface area is 88.8 Å². The number of carboxylic acids is 1. The number of hydrogen-bond acceptors (Lipinski definition) is 4. The molecule has 1 unspecified atom stereocenters. The van der Waals surface area contributed by atoms with Crippen molar-refractivity contribution in [3.05, 3.63) is 0 Å². The third-order valence-electron chi connectivity index (χ3n) is 2.11. The number of primary amides is 1. The van der Waals surface area contributed by atoms with Crippen LogP contribution in [0.15, 0.2) is 0 Å². The number of amides is 1. The van der Waals surface area contributed by atoms with E-state index in [1.807, 2.05) is 0 Å².